The Bertz CT molecular complexity index is 643. The summed E-state index contributed by atoms with van der Waals surface area (Å²) in [5, 5.41) is 0.906. The number of carbonyl (C=O) groups excluding carboxylic acids is 1. The van der Waals surface area contributed by atoms with Crippen LogP contribution >= 0.6 is 45.8 Å². The van der Waals surface area contributed by atoms with Crippen LogP contribution in [0, 0.1) is 9.39 Å². The van der Waals surface area contributed by atoms with Crippen LogP contribution in [-0.2, 0) is 6.42 Å². The van der Waals surface area contributed by atoms with Crippen molar-refractivity contribution in [1.29, 1.82) is 0 Å². The van der Waals surface area contributed by atoms with Crippen LogP contribution < -0.4 is 0 Å². The van der Waals surface area contributed by atoms with Gasteiger partial charge in [0.05, 0.1) is 5.02 Å². The van der Waals surface area contributed by atoms with Crippen molar-refractivity contribution in [2.24, 2.45) is 0 Å². The van der Waals surface area contributed by atoms with E-state index in [-0.39, 0.29) is 12.2 Å². The third kappa shape index (κ3) is 3.68. The quantitative estimate of drug-likeness (QED) is 0.506. The van der Waals surface area contributed by atoms with Gasteiger partial charge < -0.3 is 0 Å². The zero-order valence-electron chi connectivity index (χ0n) is 9.59. The van der Waals surface area contributed by atoms with Gasteiger partial charge in [-0.25, -0.2) is 4.39 Å². The molecule has 5 heteroatoms. The lowest BCUT2D eigenvalue weighted by molar-refractivity contribution is 0.0993. The van der Waals surface area contributed by atoms with Gasteiger partial charge in [-0.05, 0) is 58.5 Å². The second-order valence-electron chi connectivity index (χ2n) is 3.96. The molecule has 0 amide bonds. The molecule has 0 radical (unpaired) electrons. The predicted octanol–water partition coefficient (Wildman–Crippen LogP) is 5.16. The molecule has 0 heterocycles. The largest absolute Gasteiger partial charge is 0.294 e. The van der Waals surface area contributed by atoms with Crippen molar-refractivity contribution in [2.75, 3.05) is 0 Å². The Morgan fingerprint density at radius 3 is 2.53 bits per heavy atom. The SMILES string of the molecule is O=C(Cc1cc(F)ccc1Cl)c1ccc(I)c(Cl)c1. The lowest BCUT2D eigenvalue weighted by Gasteiger charge is -2.05. The first-order chi connectivity index (χ1) is 8.97. The van der Waals surface area contributed by atoms with E-state index in [4.69, 9.17) is 23.2 Å². The molecule has 2 aromatic rings. The summed E-state index contributed by atoms with van der Waals surface area (Å²) in [6.07, 6.45) is 0.0491. The van der Waals surface area contributed by atoms with Gasteiger partial charge in [-0.1, -0.05) is 29.3 Å². The van der Waals surface area contributed by atoms with E-state index < -0.39 is 5.82 Å². The summed E-state index contributed by atoms with van der Waals surface area (Å²) >= 11 is 14.0. The summed E-state index contributed by atoms with van der Waals surface area (Å²) in [6.45, 7) is 0. The van der Waals surface area contributed by atoms with Crippen LogP contribution in [0.2, 0.25) is 10.0 Å². The third-order valence-corrected chi connectivity index (χ3v) is 4.54. The maximum absolute atomic E-state index is 13.1. The summed E-state index contributed by atoms with van der Waals surface area (Å²) in [4.78, 5) is 12.1. The molecule has 0 N–H and O–H groups in total. The van der Waals surface area contributed by atoms with Crippen LogP contribution in [0.1, 0.15) is 15.9 Å². The number of rotatable bonds is 3. The molecular weight excluding hydrogens is 401 g/mol. The Morgan fingerprint density at radius 2 is 1.84 bits per heavy atom. The fourth-order valence-electron chi connectivity index (χ4n) is 1.62. The standard InChI is InChI=1S/C14H8Cl2FIO/c15-11-3-2-10(17)5-9(11)7-14(19)8-1-4-13(18)12(16)6-8/h1-6H,7H2. The summed E-state index contributed by atoms with van der Waals surface area (Å²) in [7, 11) is 0. The third-order valence-electron chi connectivity index (χ3n) is 2.60. The molecule has 0 fully saturated rings. The molecule has 0 unspecified atom stereocenters. The number of benzene rings is 2. The predicted molar refractivity (Wildman–Crippen MR) is 83.6 cm³/mol. The van der Waals surface area contributed by atoms with Crippen molar-refractivity contribution in [3.63, 3.8) is 0 Å². The van der Waals surface area contributed by atoms with Gasteiger partial charge in [0.25, 0.3) is 0 Å². The Labute approximate surface area is 133 Å². The highest BCUT2D eigenvalue weighted by molar-refractivity contribution is 14.1. The van der Waals surface area contributed by atoms with E-state index in [0.717, 1.165) is 3.57 Å². The number of hydrogen-bond acceptors (Lipinski definition) is 1. The lowest BCUT2D eigenvalue weighted by atomic mass is 10.0. The zero-order valence-corrected chi connectivity index (χ0v) is 13.3. The molecule has 0 spiro atoms. The van der Waals surface area contributed by atoms with Gasteiger partial charge in [-0.15, -0.1) is 0 Å². The lowest BCUT2D eigenvalue weighted by Crippen LogP contribution is -2.04. The smallest absolute Gasteiger partial charge is 0.167 e. The van der Waals surface area contributed by atoms with Crippen molar-refractivity contribution in [1.82, 2.24) is 0 Å². The molecule has 0 saturated carbocycles. The molecule has 19 heavy (non-hydrogen) atoms. The molecule has 0 atom stereocenters. The van der Waals surface area contributed by atoms with Crippen LogP contribution in [0.5, 0.6) is 0 Å². The monoisotopic (exact) mass is 408 g/mol. The zero-order chi connectivity index (χ0) is 14.0. The Hall–Kier alpha value is -0.650. The van der Waals surface area contributed by atoms with Gasteiger partial charge in [0.2, 0.25) is 0 Å². The van der Waals surface area contributed by atoms with E-state index in [0.29, 0.717) is 21.2 Å². The number of ketones is 1. The normalized spacial score (nSPS) is 10.5. The number of halogens is 4. The molecule has 0 aliphatic carbocycles. The maximum Gasteiger partial charge on any atom is 0.167 e. The number of carbonyl (C=O) groups is 1. The molecule has 0 saturated heterocycles. The van der Waals surface area contributed by atoms with Crippen LogP contribution in [0.15, 0.2) is 36.4 Å². The minimum Gasteiger partial charge on any atom is -0.294 e. The molecule has 1 nitrogen and oxygen atoms in total. The average Bonchev–Trinajstić information content (AvgIpc) is 2.37. The molecule has 0 bridgehead atoms. The second-order valence-corrected chi connectivity index (χ2v) is 5.94. The minimum atomic E-state index is -0.409. The van der Waals surface area contributed by atoms with E-state index in [9.17, 15) is 9.18 Å². The molecule has 0 aliphatic rings. The van der Waals surface area contributed by atoms with Gasteiger partial charge >= 0.3 is 0 Å². The van der Waals surface area contributed by atoms with Crippen LogP contribution in [0.4, 0.5) is 4.39 Å². The topological polar surface area (TPSA) is 17.1 Å². The molecule has 2 aromatic carbocycles. The number of hydrogen-bond donors (Lipinski definition) is 0. The van der Waals surface area contributed by atoms with Crippen molar-refractivity contribution >= 4 is 51.6 Å². The summed E-state index contributed by atoms with van der Waals surface area (Å²) in [5.74, 6) is -0.557. The summed E-state index contributed by atoms with van der Waals surface area (Å²) in [6, 6.07) is 9.05. The minimum absolute atomic E-state index is 0.0491. The second kappa shape index (κ2) is 6.20. The fourth-order valence-corrected chi connectivity index (χ4v) is 2.32. The first-order valence-electron chi connectivity index (χ1n) is 5.39. The van der Waals surface area contributed by atoms with E-state index >= 15 is 0 Å². The van der Waals surface area contributed by atoms with E-state index in [1.54, 1.807) is 18.2 Å². The van der Waals surface area contributed by atoms with E-state index in [1.807, 2.05) is 0 Å². The van der Waals surface area contributed by atoms with Crippen molar-refractivity contribution in [2.45, 2.75) is 6.42 Å². The van der Waals surface area contributed by atoms with Crippen molar-refractivity contribution < 1.29 is 9.18 Å². The highest BCUT2D eigenvalue weighted by atomic mass is 127. The maximum atomic E-state index is 13.1. The first kappa shape index (κ1) is 14.8. The van der Waals surface area contributed by atoms with Gasteiger partial charge in [-0.2, -0.15) is 0 Å². The van der Waals surface area contributed by atoms with Crippen LogP contribution in [0.3, 0.4) is 0 Å². The molecular formula is C14H8Cl2FIO. The van der Waals surface area contributed by atoms with E-state index in [2.05, 4.69) is 22.6 Å². The molecule has 98 valence electrons. The first-order valence-corrected chi connectivity index (χ1v) is 7.23. The molecule has 2 rings (SSSR count). The number of Topliss-reactive ketones (excluding diaryl/α,β-unsaturated/α-hetero) is 1. The van der Waals surface area contributed by atoms with Gasteiger partial charge in [0, 0.05) is 20.6 Å². The Morgan fingerprint density at radius 1 is 1.11 bits per heavy atom. The van der Waals surface area contributed by atoms with E-state index in [1.165, 1.54) is 18.2 Å². The summed E-state index contributed by atoms with van der Waals surface area (Å²) in [5.41, 5.74) is 0.965. The Kier molecular flexibility index (Phi) is 4.81. The van der Waals surface area contributed by atoms with Gasteiger partial charge in [-0.3, -0.25) is 4.79 Å². The van der Waals surface area contributed by atoms with Crippen molar-refractivity contribution in [3.8, 4) is 0 Å². The van der Waals surface area contributed by atoms with Crippen LogP contribution in [-0.4, -0.2) is 5.78 Å². The van der Waals surface area contributed by atoms with Gasteiger partial charge in [0.1, 0.15) is 5.82 Å². The van der Waals surface area contributed by atoms with Crippen LogP contribution in [0.25, 0.3) is 0 Å². The fraction of sp³-hybridized carbons (Fsp3) is 0.0714. The van der Waals surface area contributed by atoms with Crippen molar-refractivity contribution in [3.05, 3.63) is 67.0 Å². The highest BCUT2D eigenvalue weighted by Gasteiger charge is 2.12. The molecule has 0 aliphatic heterocycles. The highest BCUT2D eigenvalue weighted by Crippen LogP contribution is 2.22. The molecule has 0 aromatic heterocycles. The average molecular weight is 409 g/mol. The van der Waals surface area contributed by atoms with Gasteiger partial charge in [0.15, 0.2) is 5.78 Å². The Balaban J connectivity index is 2.25. The summed E-state index contributed by atoms with van der Waals surface area (Å²) < 4.78 is 14.0.